The fourth-order valence-electron chi connectivity index (χ4n) is 5.24. The first-order chi connectivity index (χ1) is 15.9. The molecule has 0 unspecified atom stereocenters. The van der Waals surface area contributed by atoms with E-state index in [0.29, 0.717) is 6.04 Å². The summed E-state index contributed by atoms with van der Waals surface area (Å²) in [6, 6.07) is 9.06. The van der Waals surface area contributed by atoms with Gasteiger partial charge in [-0.1, -0.05) is 49.1 Å². The summed E-state index contributed by atoms with van der Waals surface area (Å²) in [7, 11) is 3.63. The minimum atomic E-state index is -0.285. The maximum atomic E-state index is 12.3. The Morgan fingerprint density at radius 1 is 1.06 bits per heavy atom. The number of amides is 1. The van der Waals surface area contributed by atoms with Gasteiger partial charge in [0, 0.05) is 18.3 Å². The quantitative estimate of drug-likeness (QED) is 0.412. The molecule has 5 heteroatoms. The molecule has 1 aliphatic rings. The van der Waals surface area contributed by atoms with Crippen LogP contribution in [0.5, 0.6) is 0 Å². The van der Waals surface area contributed by atoms with Crippen LogP contribution in [0.2, 0.25) is 0 Å². The van der Waals surface area contributed by atoms with Crippen LogP contribution in [-0.4, -0.2) is 44.0 Å². The predicted molar refractivity (Wildman–Crippen MR) is 135 cm³/mol. The zero-order valence-electron chi connectivity index (χ0n) is 20.8. The summed E-state index contributed by atoms with van der Waals surface area (Å²) in [5.41, 5.74) is 8.28. The van der Waals surface area contributed by atoms with Crippen molar-refractivity contribution in [3.63, 3.8) is 0 Å². The minimum Gasteiger partial charge on any atom is -0.469 e. The maximum Gasteiger partial charge on any atom is 0.310 e. The van der Waals surface area contributed by atoms with Crippen LogP contribution in [-0.2, 0) is 27.2 Å². The fourth-order valence-corrected chi connectivity index (χ4v) is 5.24. The lowest BCUT2D eigenvalue weighted by atomic mass is 9.84. The Morgan fingerprint density at radius 2 is 1.73 bits per heavy atom. The molecule has 5 nitrogen and oxygen atoms in total. The van der Waals surface area contributed by atoms with E-state index in [1.807, 2.05) is 6.92 Å². The van der Waals surface area contributed by atoms with Gasteiger partial charge in [0.1, 0.15) is 0 Å². The first kappa shape index (κ1) is 25.0. The number of benzene rings is 2. The molecule has 178 valence electrons. The molecule has 2 aromatic rings. The monoisotopic (exact) mass is 450 g/mol. The van der Waals surface area contributed by atoms with Crippen LogP contribution in [0.1, 0.15) is 59.9 Å². The van der Waals surface area contributed by atoms with Crippen molar-refractivity contribution in [2.75, 3.05) is 26.0 Å². The molecule has 1 aliphatic carbocycles. The van der Waals surface area contributed by atoms with E-state index in [9.17, 15) is 9.59 Å². The lowest BCUT2D eigenvalue weighted by Gasteiger charge is -2.32. The first-order valence-corrected chi connectivity index (χ1v) is 12.1. The molecule has 1 N–H and O–H groups in total. The number of aryl methyl sites for hydroxylation is 1. The van der Waals surface area contributed by atoms with Gasteiger partial charge in [0.2, 0.25) is 6.41 Å². The van der Waals surface area contributed by atoms with Crippen LogP contribution >= 0.6 is 0 Å². The SMILES string of the molecule is COC(=O)Cc1c(C)c(NC=O)c(CCN(C)C2CCCCC2)c(C)c1-c1ccc(C)cc1. The number of carbonyl (C=O) groups is 2. The van der Waals surface area contributed by atoms with E-state index >= 15 is 0 Å². The van der Waals surface area contributed by atoms with Crippen molar-refractivity contribution in [3.8, 4) is 11.1 Å². The normalized spacial score (nSPS) is 14.4. The minimum absolute atomic E-state index is 0.169. The second-order valence-electron chi connectivity index (χ2n) is 9.36. The van der Waals surface area contributed by atoms with Crippen molar-refractivity contribution < 1.29 is 14.3 Å². The molecule has 0 heterocycles. The van der Waals surface area contributed by atoms with Crippen LogP contribution < -0.4 is 5.32 Å². The topological polar surface area (TPSA) is 58.6 Å². The fraction of sp³-hybridized carbons (Fsp3) is 0.500. The van der Waals surface area contributed by atoms with Gasteiger partial charge in [0.15, 0.2) is 0 Å². The average molecular weight is 451 g/mol. The molecular formula is C28H38N2O3. The molecule has 0 bridgehead atoms. The van der Waals surface area contributed by atoms with Crippen LogP contribution in [0.15, 0.2) is 24.3 Å². The van der Waals surface area contributed by atoms with Crippen LogP contribution in [0, 0.1) is 20.8 Å². The van der Waals surface area contributed by atoms with Gasteiger partial charge in [-0.05, 0) is 80.5 Å². The zero-order valence-corrected chi connectivity index (χ0v) is 20.8. The standard InChI is InChI=1S/C28H38N2O3/c1-19-11-13-22(14-12-19)27-20(2)24(15-16-30(4)23-9-7-6-8-10-23)28(29-18-31)21(3)25(27)17-26(32)33-5/h11-14,18,23H,6-10,15-17H2,1-5H3,(H,29,31). The Morgan fingerprint density at radius 3 is 2.33 bits per heavy atom. The van der Waals surface area contributed by atoms with Crippen LogP contribution in [0.3, 0.4) is 0 Å². The second-order valence-corrected chi connectivity index (χ2v) is 9.36. The Hall–Kier alpha value is -2.66. The number of methoxy groups -OCH3 is 1. The van der Waals surface area contributed by atoms with Crippen molar-refractivity contribution in [1.29, 1.82) is 0 Å². The summed E-state index contributed by atoms with van der Waals surface area (Å²) >= 11 is 0. The van der Waals surface area contributed by atoms with Crippen molar-refractivity contribution in [2.24, 2.45) is 0 Å². The second kappa shape index (κ2) is 11.5. The lowest BCUT2D eigenvalue weighted by molar-refractivity contribution is -0.139. The van der Waals surface area contributed by atoms with Crippen molar-refractivity contribution in [3.05, 3.63) is 52.1 Å². The van der Waals surface area contributed by atoms with Gasteiger partial charge >= 0.3 is 5.97 Å². The smallest absolute Gasteiger partial charge is 0.310 e. The number of hydrogen-bond acceptors (Lipinski definition) is 4. The van der Waals surface area contributed by atoms with Crippen molar-refractivity contribution in [2.45, 2.75) is 71.8 Å². The zero-order chi connectivity index (χ0) is 24.0. The Balaban J connectivity index is 2.07. The molecule has 33 heavy (non-hydrogen) atoms. The lowest BCUT2D eigenvalue weighted by Crippen LogP contribution is -2.35. The third kappa shape index (κ3) is 5.83. The van der Waals surface area contributed by atoms with Gasteiger partial charge < -0.3 is 15.0 Å². The number of likely N-dealkylation sites (N-methyl/N-ethyl adjacent to an activating group) is 1. The number of rotatable bonds is 9. The molecule has 0 spiro atoms. The highest BCUT2D eigenvalue weighted by Crippen LogP contribution is 2.39. The molecule has 1 fully saturated rings. The number of nitrogens with one attached hydrogen (secondary N) is 1. The largest absolute Gasteiger partial charge is 0.469 e. The highest BCUT2D eigenvalue weighted by molar-refractivity contribution is 5.87. The highest BCUT2D eigenvalue weighted by atomic mass is 16.5. The highest BCUT2D eigenvalue weighted by Gasteiger charge is 2.24. The third-order valence-electron chi connectivity index (χ3n) is 7.26. The van der Waals surface area contributed by atoms with Gasteiger partial charge in [-0.25, -0.2) is 0 Å². The molecule has 0 atom stereocenters. The average Bonchev–Trinajstić information content (AvgIpc) is 2.83. The summed E-state index contributed by atoms with van der Waals surface area (Å²) < 4.78 is 5.00. The summed E-state index contributed by atoms with van der Waals surface area (Å²) in [4.78, 5) is 26.3. The molecule has 3 rings (SSSR count). The number of anilines is 1. The Kier molecular flexibility index (Phi) is 8.67. The summed E-state index contributed by atoms with van der Waals surface area (Å²) in [6.07, 6.45) is 8.24. The van der Waals surface area contributed by atoms with E-state index < -0.39 is 0 Å². The number of hydrogen-bond donors (Lipinski definition) is 1. The van der Waals surface area contributed by atoms with Crippen LogP contribution in [0.25, 0.3) is 11.1 Å². The molecule has 0 aliphatic heterocycles. The van der Waals surface area contributed by atoms with E-state index in [2.05, 4.69) is 55.4 Å². The van der Waals surface area contributed by atoms with E-state index in [0.717, 1.165) is 58.4 Å². The van der Waals surface area contributed by atoms with Crippen molar-refractivity contribution >= 4 is 18.1 Å². The molecule has 2 aromatic carbocycles. The summed E-state index contributed by atoms with van der Waals surface area (Å²) in [6.45, 7) is 7.11. The van der Waals surface area contributed by atoms with Gasteiger partial charge in [-0.3, -0.25) is 9.59 Å². The first-order valence-electron chi connectivity index (χ1n) is 12.1. The third-order valence-corrected chi connectivity index (χ3v) is 7.26. The molecular weight excluding hydrogens is 412 g/mol. The number of ether oxygens (including phenoxy) is 1. The maximum absolute atomic E-state index is 12.3. The van der Waals surface area contributed by atoms with E-state index in [1.54, 1.807) is 0 Å². The molecule has 0 aromatic heterocycles. The Bertz CT molecular complexity index is 976. The van der Waals surface area contributed by atoms with E-state index in [-0.39, 0.29) is 12.4 Å². The molecule has 1 amide bonds. The molecule has 0 saturated heterocycles. The summed E-state index contributed by atoms with van der Waals surface area (Å²) in [5.74, 6) is -0.285. The van der Waals surface area contributed by atoms with Gasteiger partial charge in [0.05, 0.1) is 13.5 Å². The number of nitrogens with zero attached hydrogens (tertiary/aromatic N) is 1. The summed E-state index contributed by atoms with van der Waals surface area (Å²) in [5, 5.41) is 2.96. The van der Waals surface area contributed by atoms with E-state index in [4.69, 9.17) is 4.74 Å². The van der Waals surface area contributed by atoms with E-state index in [1.165, 1.54) is 44.8 Å². The predicted octanol–water partition coefficient (Wildman–Crippen LogP) is 5.37. The van der Waals surface area contributed by atoms with Crippen LogP contribution in [0.4, 0.5) is 5.69 Å². The Labute approximate surface area is 198 Å². The number of esters is 1. The van der Waals surface area contributed by atoms with Gasteiger partial charge in [0.25, 0.3) is 0 Å². The van der Waals surface area contributed by atoms with Crippen molar-refractivity contribution in [1.82, 2.24) is 4.90 Å². The molecule has 1 saturated carbocycles. The van der Waals surface area contributed by atoms with Gasteiger partial charge in [-0.15, -0.1) is 0 Å². The number of carbonyl (C=O) groups excluding carboxylic acids is 2. The molecule has 0 radical (unpaired) electrons. The van der Waals surface area contributed by atoms with Gasteiger partial charge in [-0.2, -0.15) is 0 Å².